The Kier molecular flexibility index (Phi) is 9.47. The first-order valence-corrected chi connectivity index (χ1v) is 12.9. The van der Waals surface area contributed by atoms with E-state index in [2.05, 4.69) is 4.98 Å². The van der Waals surface area contributed by atoms with Crippen LogP contribution in [0.25, 0.3) is 11.3 Å². The standard InChI is InChI=1S/C30H34F4N2O5/c1-17-12-19(6-8-22(17)31)23-14-21(28(3,4)35)15-27(36-23)29(39,30(32,33)34)11-10-24(38)20-7-9-25(26(13-20)40-5)41-16-18(2)37/h6-9,12-15,18,37,39H,10-11,16,35H2,1-5H3/t18-,29-/m1/s1. The number of aryl methyl sites for hydroxylation is 1. The van der Waals surface area contributed by atoms with Crippen LogP contribution < -0.4 is 15.2 Å². The van der Waals surface area contributed by atoms with Gasteiger partial charge in [0.05, 0.1) is 24.6 Å². The minimum atomic E-state index is -5.20. The lowest BCUT2D eigenvalue weighted by molar-refractivity contribution is -0.270. The van der Waals surface area contributed by atoms with Gasteiger partial charge >= 0.3 is 6.18 Å². The number of halogens is 4. The molecule has 0 saturated carbocycles. The van der Waals surface area contributed by atoms with Crippen LogP contribution in [0.3, 0.4) is 0 Å². The number of alkyl halides is 3. The number of aliphatic hydroxyl groups excluding tert-OH is 1. The van der Waals surface area contributed by atoms with Crippen LogP contribution >= 0.6 is 0 Å². The Morgan fingerprint density at radius 2 is 1.76 bits per heavy atom. The Labute approximate surface area is 235 Å². The minimum Gasteiger partial charge on any atom is -0.493 e. The van der Waals surface area contributed by atoms with Gasteiger partial charge in [0, 0.05) is 23.1 Å². The summed E-state index contributed by atoms with van der Waals surface area (Å²) in [6, 6.07) is 10.6. The second-order valence-corrected chi connectivity index (χ2v) is 10.6. The number of hydrogen-bond donors (Lipinski definition) is 3. The summed E-state index contributed by atoms with van der Waals surface area (Å²) >= 11 is 0. The number of nitrogens with zero attached hydrogens (tertiary/aromatic N) is 1. The number of aromatic nitrogens is 1. The van der Waals surface area contributed by atoms with Crippen molar-refractivity contribution in [2.24, 2.45) is 5.73 Å². The van der Waals surface area contributed by atoms with Crippen LogP contribution in [0.5, 0.6) is 11.5 Å². The molecule has 7 nitrogen and oxygen atoms in total. The van der Waals surface area contributed by atoms with E-state index in [9.17, 15) is 32.6 Å². The summed E-state index contributed by atoms with van der Waals surface area (Å²) in [5.41, 5.74) is 1.83. The molecule has 0 radical (unpaired) electrons. The maximum atomic E-state index is 14.5. The average molecular weight is 579 g/mol. The first kappa shape index (κ1) is 32.0. The molecule has 1 heterocycles. The highest BCUT2D eigenvalue weighted by atomic mass is 19.4. The molecular weight excluding hydrogens is 544 g/mol. The van der Waals surface area contributed by atoms with E-state index in [-0.39, 0.29) is 40.5 Å². The highest BCUT2D eigenvalue weighted by Gasteiger charge is 2.56. The van der Waals surface area contributed by atoms with Gasteiger partial charge in [-0.1, -0.05) is 0 Å². The molecule has 0 spiro atoms. The number of methoxy groups -OCH3 is 1. The molecule has 0 bridgehead atoms. The van der Waals surface area contributed by atoms with E-state index in [0.717, 1.165) is 6.07 Å². The van der Waals surface area contributed by atoms with E-state index in [1.165, 1.54) is 63.4 Å². The second kappa shape index (κ2) is 12.1. The highest BCUT2D eigenvalue weighted by Crippen LogP contribution is 2.43. The largest absolute Gasteiger partial charge is 0.493 e. The van der Waals surface area contributed by atoms with Gasteiger partial charge in [0.1, 0.15) is 12.4 Å². The number of hydrogen-bond acceptors (Lipinski definition) is 7. The number of rotatable bonds is 11. The van der Waals surface area contributed by atoms with Crippen molar-refractivity contribution in [1.29, 1.82) is 0 Å². The van der Waals surface area contributed by atoms with Crippen LogP contribution in [0.2, 0.25) is 0 Å². The molecule has 1 aromatic heterocycles. The van der Waals surface area contributed by atoms with E-state index in [4.69, 9.17) is 15.2 Å². The maximum Gasteiger partial charge on any atom is 0.422 e. The quantitative estimate of drug-likeness (QED) is 0.201. The van der Waals surface area contributed by atoms with Crippen LogP contribution in [0, 0.1) is 12.7 Å². The van der Waals surface area contributed by atoms with Gasteiger partial charge < -0.3 is 25.4 Å². The molecule has 41 heavy (non-hydrogen) atoms. The number of benzene rings is 2. The first-order chi connectivity index (χ1) is 19.0. The normalized spacial score (nSPS) is 14.3. The molecule has 0 amide bonds. The molecule has 2 aromatic carbocycles. The smallest absolute Gasteiger partial charge is 0.422 e. The lowest BCUT2D eigenvalue weighted by Crippen LogP contribution is -2.44. The lowest BCUT2D eigenvalue weighted by atomic mass is 9.86. The number of carbonyl (C=O) groups is 1. The van der Waals surface area contributed by atoms with Gasteiger partial charge in [-0.3, -0.25) is 4.79 Å². The first-order valence-electron chi connectivity index (χ1n) is 12.9. The Morgan fingerprint density at radius 3 is 2.32 bits per heavy atom. The van der Waals surface area contributed by atoms with E-state index >= 15 is 0 Å². The zero-order valence-corrected chi connectivity index (χ0v) is 23.5. The number of nitrogens with two attached hydrogens (primary N) is 1. The van der Waals surface area contributed by atoms with Crippen LogP contribution in [0.4, 0.5) is 17.6 Å². The predicted octanol–water partition coefficient (Wildman–Crippen LogP) is 5.57. The molecule has 4 N–H and O–H groups in total. The third-order valence-electron chi connectivity index (χ3n) is 6.60. The zero-order chi connectivity index (χ0) is 30.8. The van der Waals surface area contributed by atoms with Crippen LogP contribution in [0.15, 0.2) is 48.5 Å². The maximum absolute atomic E-state index is 14.5. The lowest BCUT2D eigenvalue weighted by Gasteiger charge is -2.32. The highest BCUT2D eigenvalue weighted by molar-refractivity contribution is 5.96. The van der Waals surface area contributed by atoms with Crippen molar-refractivity contribution in [3.63, 3.8) is 0 Å². The molecule has 222 valence electrons. The number of pyridine rings is 1. The fourth-order valence-corrected chi connectivity index (χ4v) is 4.09. The Balaban J connectivity index is 2.00. The molecule has 2 atom stereocenters. The van der Waals surface area contributed by atoms with Crippen molar-refractivity contribution < 1.29 is 42.0 Å². The van der Waals surface area contributed by atoms with E-state index in [0.29, 0.717) is 5.56 Å². The molecule has 3 rings (SSSR count). The van der Waals surface area contributed by atoms with Crippen molar-refractivity contribution in [1.82, 2.24) is 4.98 Å². The summed E-state index contributed by atoms with van der Waals surface area (Å²) in [5.74, 6) is -0.779. The monoisotopic (exact) mass is 578 g/mol. The van der Waals surface area contributed by atoms with Crippen LogP contribution in [0.1, 0.15) is 60.8 Å². The Bertz CT molecular complexity index is 1400. The van der Waals surface area contributed by atoms with Crippen molar-refractivity contribution in [2.75, 3.05) is 13.7 Å². The number of Topliss-reactive ketones (excluding diaryl/α,β-unsaturated/α-hetero) is 1. The summed E-state index contributed by atoms with van der Waals surface area (Å²) in [6.07, 6.45) is -7.67. The SMILES string of the molecule is COc1cc(C(=O)CC[C@@](O)(c2cc(C(C)(C)N)cc(-c3ccc(F)c(C)c3)n2)C(F)(F)F)ccc1OC[C@@H](C)O. The second-order valence-electron chi connectivity index (χ2n) is 10.6. The summed E-state index contributed by atoms with van der Waals surface area (Å²) in [4.78, 5) is 17.1. The van der Waals surface area contributed by atoms with E-state index in [1.807, 2.05) is 0 Å². The van der Waals surface area contributed by atoms with Gasteiger partial charge in [0.25, 0.3) is 0 Å². The van der Waals surface area contributed by atoms with Crippen molar-refractivity contribution in [3.8, 4) is 22.8 Å². The molecule has 0 aliphatic carbocycles. The molecule has 11 heteroatoms. The van der Waals surface area contributed by atoms with Crippen LogP contribution in [-0.4, -0.2) is 47.0 Å². The summed E-state index contributed by atoms with van der Waals surface area (Å²) in [7, 11) is 1.33. The van der Waals surface area contributed by atoms with Gasteiger partial charge in [-0.15, -0.1) is 0 Å². The van der Waals surface area contributed by atoms with Gasteiger partial charge in [-0.05, 0) is 93.8 Å². The minimum absolute atomic E-state index is 0.0343. The third-order valence-corrected chi connectivity index (χ3v) is 6.60. The summed E-state index contributed by atoms with van der Waals surface area (Å²) < 4.78 is 68.0. The molecule has 3 aromatic rings. The average Bonchev–Trinajstić information content (AvgIpc) is 2.90. The molecule has 0 unspecified atom stereocenters. The summed E-state index contributed by atoms with van der Waals surface area (Å²) in [6.45, 7) is 6.17. The van der Waals surface area contributed by atoms with Crippen LogP contribution in [-0.2, 0) is 11.1 Å². The third kappa shape index (κ3) is 7.41. The molecule has 0 aliphatic rings. The number of ketones is 1. The van der Waals surface area contributed by atoms with Gasteiger partial charge in [0.15, 0.2) is 17.3 Å². The van der Waals surface area contributed by atoms with Gasteiger partial charge in [0.2, 0.25) is 5.60 Å². The summed E-state index contributed by atoms with van der Waals surface area (Å²) in [5, 5.41) is 20.6. The Hall–Kier alpha value is -3.54. The van der Waals surface area contributed by atoms with Gasteiger partial charge in [-0.25, -0.2) is 9.37 Å². The topological polar surface area (TPSA) is 115 Å². The van der Waals surface area contributed by atoms with Crippen molar-refractivity contribution >= 4 is 5.78 Å². The van der Waals surface area contributed by atoms with Crippen molar-refractivity contribution in [3.05, 3.63) is 76.7 Å². The molecule has 0 saturated heterocycles. The number of aliphatic hydroxyl groups is 2. The fraction of sp³-hybridized carbons (Fsp3) is 0.400. The van der Waals surface area contributed by atoms with Gasteiger partial charge in [-0.2, -0.15) is 13.2 Å². The predicted molar refractivity (Wildman–Crippen MR) is 145 cm³/mol. The van der Waals surface area contributed by atoms with E-state index in [1.54, 1.807) is 13.8 Å². The van der Waals surface area contributed by atoms with E-state index < -0.39 is 53.6 Å². The molecule has 0 fully saturated rings. The molecule has 0 aliphatic heterocycles. The zero-order valence-electron chi connectivity index (χ0n) is 23.5. The van der Waals surface area contributed by atoms with Crippen molar-refractivity contribution in [2.45, 2.75) is 64.0 Å². The fourth-order valence-electron chi connectivity index (χ4n) is 4.09. The molecular formula is C30H34F4N2O5. The number of ether oxygens (including phenoxy) is 2. The Morgan fingerprint density at radius 1 is 1.07 bits per heavy atom. The number of carbonyl (C=O) groups excluding carboxylic acids is 1.